The number of hydrogen-bond acceptors (Lipinski definition) is 3. The second kappa shape index (κ2) is 6.03. The first-order valence-electron chi connectivity index (χ1n) is 6.38. The molecule has 4 heteroatoms. The molecule has 1 aromatic rings. The van der Waals surface area contributed by atoms with Crippen molar-refractivity contribution >= 4 is 15.9 Å². The van der Waals surface area contributed by atoms with E-state index in [9.17, 15) is 0 Å². The average molecular weight is 301 g/mol. The Balaban J connectivity index is 2.12. The minimum absolute atomic E-state index is 0.411. The van der Waals surface area contributed by atoms with Gasteiger partial charge in [-0.2, -0.15) is 0 Å². The summed E-state index contributed by atoms with van der Waals surface area (Å²) >= 11 is 3.39. The van der Waals surface area contributed by atoms with Crippen LogP contribution in [0.2, 0.25) is 0 Å². The lowest BCUT2D eigenvalue weighted by atomic mass is 9.88. The average Bonchev–Trinajstić information content (AvgIpc) is 2.73. The number of likely N-dealkylation sites (tertiary alicyclic amines) is 1. The number of hydrogen-bond donors (Lipinski definition) is 1. The molecule has 0 bridgehead atoms. The van der Waals surface area contributed by atoms with Crippen molar-refractivity contribution in [3.05, 3.63) is 22.6 Å². The van der Waals surface area contributed by atoms with E-state index in [2.05, 4.69) is 46.2 Å². The zero-order valence-electron chi connectivity index (χ0n) is 10.6. The van der Waals surface area contributed by atoms with Crippen LogP contribution in [0.15, 0.2) is 21.2 Å². The molecule has 0 aromatic carbocycles. The highest BCUT2D eigenvalue weighted by Gasteiger charge is 2.32. The lowest BCUT2D eigenvalue weighted by Gasteiger charge is -2.38. The first-order valence-corrected chi connectivity index (χ1v) is 7.18. The molecule has 1 aromatic heterocycles. The van der Waals surface area contributed by atoms with E-state index in [-0.39, 0.29) is 0 Å². The summed E-state index contributed by atoms with van der Waals surface area (Å²) in [6.07, 6.45) is 2.56. The molecule has 1 saturated heterocycles. The standard InChI is InChI=1S/C13H21BrN2O/c1-3-15-9-10-5-4-8-16(2)13(10)11-6-7-12(14)17-11/h6-7,10,13,15H,3-5,8-9H2,1-2H3. The van der Waals surface area contributed by atoms with Gasteiger partial charge in [-0.05, 0) is 73.5 Å². The summed E-state index contributed by atoms with van der Waals surface area (Å²) in [4.78, 5) is 2.41. The van der Waals surface area contributed by atoms with Gasteiger partial charge in [-0.15, -0.1) is 0 Å². The van der Waals surface area contributed by atoms with Crippen LogP contribution in [0.4, 0.5) is 0 Å². The fourth-order valence-electron chi connectivity index (χ4n) is 2.74. The Bertz CT molecular complexity index is 353. The van der Waals surface area contributed by atoms with Crippen molar-refractivity contribution in [1.29, 1.82) is 0 Å². The van der Waals surface area contributed by atoms with Crippen molar-refractivity contribution in [2.75, 3.05) is 26.7 Å². The highest BCUT2D eigenvalue weighted by atomic mass is 79.9. The fraction of sp³-hybridized carbons (Fsp3) is 0.692. The number of halogens is 1. The van der Waals surface area contributed by atoms with E-state index < -0.39 is 0 Å². The smallest absolute Gasteiger partial charge is 0.169 e. The normalized spacial score (nSPS) is 26.3. The van der Waals surface area contributed by atoms with Crippen molar-refractivity contribution in [3.8, 4) is 0 Å². The molecule has 0 amide bonds. The van der Waals surface area contributed by atoms with Gasteiger partial charge in [0.05, 0.1) is 6.04 Å². The summed E-state index contributed by atoms with van der Waals surface area (Å²) in [5, 5.41) is 3.47. The molecule has 0 aliphatic carbocycles. The fourth-order valence-corrected chi connectivity index (χ4v) is 3.06. The molecule has 0 radical (unpaired) electrons. The Kier molecular flexibility index (Phi) is 4.65. The molecule has 2 rings (SSSR count). The largest absolute Gasteiger partial charge is 0.453 e. The molecule has 17 heavy (non-hydrogen) atoms. The third-order valence-corrected chi connectivity index (χ3v) is 3.98. The molecule has 96 valence electrons. The molecule has 1 fully saturated rings. The van der Waals surface area contributed by atoms with Gasteiger partial charge < -0.3 is 9.73 Å². The Labute approximate surface area is 112 Å². The molecule has 3 nitrogen and oxygen atoms in total. The Morgan fingerprint density at radius 3 is 3.00 bits per heavy atom. The molecular weight excluding hydrogens is 280 g/mol. The monoisotopic (exact) mass is 300 g/mol. The molecule has 2 unspecified atom stereocenters. The van der Waals surface area contributed by atoms with E-state index in [4.69, 9.17) is 4.42 Å². The van der Waals surface area contributed by atoms with Crippen LogP contribution in [0.25, 0.3) is 0 Å². The van der Waals surface area contributed by atoms with Gasteiger partial charge in [0.1, 0.15) is 5.76 Å². The summed E-state index contributed by atoms with van der Waals surface area (Å²) in [5.74, 6) is 1.73. The van der Waals surface area contributed by atoms with Gasteiger partial charge in [-0.25, -0.2) is 0 Å². The van der Waals surface area contributed by atoms with E-state index >= 15 is 0 Å². The number of piperidine rings is 1. The first-order chi connectivity index (χ1) is 8.22. The van der Waals surface area contributed by atoms with Gasteiger partial charge in [0.15, 0.2) is 4.67 Å². The molecule has 1 N–H and O–H groups in total. The van der Waals surface area contributed by atoms with Gasteiger partial charge in [-0.3, -0.25) is 4.90 Å². The molecule has 2 heterocycles. The second-order valence-corrected chi connectivity index (χ2v) is 5.56. The maximum Gasteiger partial charge on any atom is 0.169 e. The van der Waals surface area contributed by atoms with Crippen LogP contribution in [0.1, 0.15) is 31.6 Å². The van der Waals surface area contributed by atoms with Crippen LogP contribution in [-0.4, -0.2) is 31.6 Å². The zero-order chi connectivity index (χ0) is 12.3. The van der Waals surface area contributed by atoms with Gasteiger partial charge in [0.2, 0.25) is 0 Å². The minimum atomic E-state index is 0.411. The maximum atomic E-state index is 5.75. The SMILES string of the molecule is CCNCC1CCCN(C)C1c1ccc(Br)o1. The lowest BCUT2D eigenvalue weighted by Crippen LogP contribution is -2.40. The number of nitrogens with zero attached hydrogens (tertiary/aromatic N) is 1. The minimum Gasteiger partial charge on any atom is -0.453 e. The predicted molar refractivity (Wildman–Crippen MR) is 73.0 cm³/mol. The van der Waals surface area contributed by atoms with Crippen molar-refractivity contribution in [2.45, 2.75) is 25.8 Å². The molecule has 1 aliphatic rings. The van der Waals surface area contributed by atoms with Crippen LogP contribution in [0.5, 0.6) is 0 Å². The van der Waals surface area contributed by atoms with Crippen molar-refractivity contribution in [2.24, 2.45) is 5.92 Å². The van der Waals surface area contributed by atoms with E-state index in [0.29, 0.717) is 12.0 Å². The molecule has 0 spiro atoms. The Hall–Kier alpha value is -0.320. The quantitative estimate of drug-likeness (QED) is 0.926. The number of nitrogens with one attached hydrogen (secondary N) is 1. The van der Waals surface area contributed by atoms with Crippen molar-refractivity contribution < 1.29 is 4.42 Å². The topological polar surface area (TPSA) is 28.4 Å². The highest BCUT2D eigenvalue weighted by Crippen LogP contribution is 2.36. The highest BCUT2D eigenvalue weighted by molar-refractivity contribution is 9.10. The van der Waals surface area contributed by atoms with Crippen LogP contribution in [0, 0.1) is 5.92 Å². The molecule has 0 saturated carbocycles. The Morgan fingerprint density at radius 1 is 1.53 bits per heavy atom. The van der Waals surface area contributed by atoms with E-state index in [1.807, 2.05) is 6.07 Å². The van der Waals surface area contributed by atoms with Crippen molar-refractivity contribution in [1.82, 2.24) is 10.2 Å². The first kappa shape index (κ1) is 13.1. The molecule has 2 atom stereocenters. The summed E-state index contributed by atoms with van der Waals surface area (Å²) in [7, 11) is 2.19. The van der Waals surface area contributed by atoms with Crippen LogP contribution < -0.4 is 5.32 Å². The lowest BCUT2D eigenvalue weighted by molar-refractivity contribution is 0.101. The van der Waals surface area contributed by atoms with Crippen LogP contribution >= 0.6 is 15.9 Å². The van der Waals surface area contributed by atoms with E-state index in [1.54, 1.807) is 0 Å². The van der Waals surface area contributed by atoms with Crippen molar-refractivity contribution in [3.63, 3.8) is 0 Å². The van der Waals surface area contributed by atoms with Crippen LogP contribution in [-0.2, 0) is 0 Å². The zero-order valence-corrected chi connectivity index (χ0v) is 12.2. The number of furan rings is 1. The molecule has 1 aliphatic heterocycles. The second-order valence-electron chi connectivity index (χ2n) is 4.78. The van der Waals surface area contributed by atoms with E-state index in [1.165, 1.54) is 12.8 Å². The molecular formula is C13H21BrN2O. The Morgan fingerprint density at radius 2 is 2.35 bits per heavy atom. The summed E-state index contributed by atoms with van der Waals surface area (Å²) in [6.45, 7) is 5.43. The summed E-state index contributed by atoms with van der Waals surface area (Å²) in [5.41, 5.74) is 0. The van der Waals surface area contributed by atoms with Gasteiger partial charge in [0.25, 0.3) is 0 Å². The summed E-state index contributed by atoms with van der Waals surface area (Å²) < 4.78 is 6.58. The third-order valence-electron chi connectivity index (χ3n) is 3.55. The predicted octanol–water partition coefficient (Wildman–Crippen LogP) is 3.03. The van der Waals surface area contributed by atoms with Gasteiger partial charge in [-0.1, -0.05) is 6.92 Å². The third kappa shape index (κ3) is 3.12. The van der Waals surface area contributed by atoms with E-state index in [0.717, 1.165) is 30.1 Å². The van der Waals surface area contributed by atoms with Gasteiger partial charge in [0, 0.05) is 0 Å². The van der Waals surface area contributed by atoms with Gasteiger partial charge >= 0.3 is 0 Å². The summed E-state index contributed by atoms with van der Waals surface area (Å²) in [6, 6.07) is 4.49. The number of rotatable bonds is 4. The van der Waals surface area contributed by atoms with Crippen LogP contribution in [0.3, 0.4) is 0 Å². The maximum absolute atomic E-state index is 5.75.